The Labute approximate surface area is 201 Å². The third-order valence-corrected chi connectivity index (χ3v) is 5.79. The summed E-state index contributed by atoms with van der Waals surface area (Å²) < 4.78 is 13.2. The van der Waals surface area contributed by atoms with E-state index < -0.39 is 17.8 Å². The molecule has 176 valence electrons. The molecule has 3 heterocycles. The van der Waals surface area contributed by atoms with Gasteiger partial charge in [-0.25, -0.2) is 4.79 Å². The van der Waals surface area contributed by atoms with E-state index in [2.05, 4.69) is 5.32 Å². The molecule has 0 aliphatic carbocycles. The Morgan fingerprint density at radius 3 is 2.69 bits per heavy atom. The fraction of sp³-hybridized carbons (Fsp3) is 0.148. The number of ether oxygens (including phenoxy) is 1. The van der Waals surface area contributed by atoms with Crippen molar-refractivity contribution in [3.05, 3.63) is 95.6 Å². The molecule has 4 amide bonds. The van der Waals surface area contributed by atoms with Crippen molar-refractivity contribution >= 4 is 34.8 Å². The van der Waals surface area contributed by atoms with Gasteiger partial charge < -0.3 is 13.7 Å². The van der Waals surface area contributed by atoms with Gasteiger partial charge in [0.05, 0.1) is 19.4 Å². The molecule has 0 unspecified atom stereocenters. The van der Waals surface area contributed by atoms with E-state index in [1.807, 2.05) is 66.2 Å². The second kappa shape index (κ2) is 9.34. The van der Waals surface area contributed by atoms with Gasteiger partial charge in [0.1, 0.15) is 23.7 Å². The lowest BCUT2D eigenvalue weighted by atomic mass is 10.1. The number of imide groups is 2. The van der Waals surface area contributed by atoms with Crippen LogP contribution in [0.2, 0.25) is 0 Å². The summed E-state index contributed by atoms with van der Waals surface area (Å²) in [4.78, 5) is 38.9. The van der Waals surface area contributed by atoms with E-state index in [0.29, 0.717) is 24.5 Å². The summed E-state index contributed by atoms with van der Waals surface area (Å²) in [5, 5.41) is 3.13. The molecule has 2 aromatic heterocycles. The number of nitrogens with one attached hydrogen (secondary N) is 1. The zero-order valence-electron chi connectivity index (χ0n) is 19.1. The molecule has 0 saturated carbocycles. The first kappa shape index (κ1) is 22.2. The van der Waals surface area contributed by atoms with Gasteiger partial charge in [0.2, 0.25) is 0 Å². The summed E-state index contributed by atoms with van der Waals surface area (Å²) in [7, 11) is 0. The summed E-state index contributed by atoms with van der Waals surface area (Å²) in [6, 6.07) is 18.1. The van der Waals surface area contributed by atoms with Gasteiger partial charge in [-0.3, -0.25) is 19.8 Å². The normalized spacial score (nSPS) is 15.2. The van der Waals surface area contributed by atoms with Gasteiger partial charge in [-0.1, -0.05) is 30.3 Å². The lowest BCUT2D eigenvalue weighted by Crippen LogP contribution is -2.53. The summed E-state index contributed by atoms with van der Waals surface area (Å²) in [6.45, 7) is 2.96. The SMILES string of the molecule is Cc1cccc(OCCn2cc(/C=C3\C(=O)NC(=O)N(Cc4ccco4)C3=O)c3ccccc32)c1. The monoisotopic (exact) mass is 469 g/mol. The number of aromatic nitrogens is 1. The highest BCUT2D eigenvalue weighted by Crippen LogP contribution is 2.25. The summed E-state index contributed by atoms with van der Waals surface area (Å²) in [5.74, 6) is -0.160. The lowest BCUT2D eigenvalue weighted by molar-refractivity contribution is -0.130. The van der Waals surface area contributed by atoms with Crippen LogP contribution in [-0.4, -0.2) is 33.9 Å². The van der Waals surface area contributed by atoms with E-state index in [0.717, 1.165) is 27.1 Å². The lowest BCUT2D eigenvalue weighted by Gasteiger charge is -2.25. The number of amides is 4. The first-order chi connectivity index (χ1) is 17.0. The van der Waals surface area contributed by atoms with Crippen LogP contribution in [0.15, 0.2) is 83.1 Å². The van der Waals surface area contributed by atoms with E-state index in [1.165, 1.54) is 12.3 Å². The number of fused-ring (bicyclic) bond motifs is 1. The number of hydrogen-bond acceptors (Lipinski definition) is 5. The Hall–Kier alpha value is -4.59. The molecule has 4 aromatic rings. The van der Waals surface area contributed by atoms with Crippen molar-refractivity contribution in [2.45, 2.75) is 20.0 Å². The number of carbonyl (C=O) groups is 3. The molecule has 8 nitrogen and oxygen atoms in total. The van der Waals surface area contributed by atoms with E-state index in [1.54, 1.807) is 12.1 Å². The Morgan fingerprint density at radius 2 is 1.89 bits per heavy atom. The van der Waals surface area contributed by atoms with Crippen molar-refractivity contribution < 1.29 is 23.5 Å². The number of hydrogen-bond donors (Lipinski definition) is 1. The Balaban J connectivity index is 1.41. The molecule has 1 aliphatic heterocycles. The number of benzene rings is 2. The molecule has 2 aromatic carbocycles. The predicted octanol–water partition coefficient (Wildman–Crippen LogP) is 4.28. The van der Waals surface area contributed by atoms with Gasteiger partial charge in [-0.2, -0.15) is 0 Å². The maximum Gasteiger partial charge on any atom is 0.331 e. The van der Waals surface area contributed by atoms with E-state index >= 15 is 0 Å². The molecule has 1 N–H and O–H groups in total. The Kier molecular flexibility index (Phi) is 5.93. The van der Waals surface area contributed by atoms with Crippen molar-refractivity contribution in [1.82, 2.24) is 14.8 Å². The molecule has 5 rings (SSSR count). The fourth-order valence-electron chi connectivity index (χ4n) is 4.09. The number of urea groups is 1. The van der Waals surface area contributed by atoms with Crippen molar-refractivity contribution in [2.75, 3.05) is 6.61 Å². The van der Waals surface area contributed by atoms with Crippen LogP contribution >= 0.6 is 0 Å². The van der Waals surface area contributed by atoms with Gasteiger partial charge in [0, 0.05) is 22.7 Å². The van der Waals surface area contributed by atoms with Crippen LogP contribution < -0.4 is 10.1 Å². The number of nitrogens with zero attached hydrogens (tertiary/aromatic N) is 2. The van der Waals surface area contributed by atoms with Crippen molar-refractivity contribution in [1.29, 1.82) is 0 Å². The minimum atomic E-state index is -0.774. The van der Waals surface area contributed by atoms with Crippen molar-refractivity contribution in [3.8, 4) is 5.75 Å². The quantitative estimate of drug-likeness (QED) is 0.322. The van der Waals surface area contributed by atoms with Crippen LogP contribution in [0.5, 0.6) is 5.75 Å². The zero-order chi connectivity index (χ0) is 24.4. The zero-order valence-corrected chi connectivity index (χ0v) is 19.1. The summed E-state index contributed by atoms with van der Waals surface area (Å²) in [6.07, 6.45) is 4.87. The van der Waals surface area contributed by atoms with Gasteiger partial charge in [-0.05, 0) is 48.9 Å². The first-order valence-electron chi connectivity index (χ1n) is 11.2. The minimum absolute atomic E-state index is 0.0691. The maximum absolute atomic E-state index is 13.1. The smallest absolute Gasteiger partial charge is 0.331 e. The number of furan rings is 1. The summed E-state index contributed by atoms with van der Waals surface area (Å²) in [5.41, 5.74) is 2.65. The van der Waals surface area contributed by atoms with Crippen molar-refractivity contribution in [2.24, 2.45) is 0 Å². The van der Waals surface area contributed by atoms with Gasteiger partial charge in [0.15, 0.2) is 0 Å². The number of carbonyl (C=O) groups excluding carboxylic acids is 3. The van der Waals surface area contributed by atoms with Gasteiger partial charge in [0.25, 0.3) is 11.8 Å². The third kappa shape index (κ3) is 4.59. The van der Waals surface area contributed by atoms with Crippen LogP contribution in [0.4, 0.5) is 4.79 Å². The molecule has 0 bridgehead atoms. The van der Waals surface area contributed by atoms with E-state index in [4.69, 9.17) is 9.15 Å². The molecular weight excluding hydrogens is 446 g/mol. The van der Waals surface area contributed by atoms with E-state index in [9.17, 15) is 14.4 Å². The second-order valence-corrected chi connectivity index (χ2v) is 8.25. The van der Waals surface area contributed by atoms with Crippen LogP contribution in [-0.2, 0) is 22.7 Å². The molecule has 0 atom stereocenters. The van der Waals surface area contributed by atoms with Crippen LogP contribution in [0.25, 0.3) is 17.0 Å². The molecular formula is C27H23N3O5. The average Bonchev–Trinajstić information content (AvgIpc) is 3.48. The molecule has 1 saturated heterocycles. The highest BCUT2D eigenvalue weighted by atomic mass is 16.5. The Bertz CT molecular complexity index is 1450. The third-order valence-electron chi connectivity index (χ3n) is 5.79. The molecule has 8 heteroatoms. The highest BCUT2D eigenvalue weighted by Gasteiger charge is 2.36. The molecule has 0 radical (unpaired) electrons. The average molecular weight is 469 g/mol. The first-order valence-corrected chi connectivity index (χ1v) is 11.2. The summed E-state index contributed by atoms with van der Waals surface area (Å²) >= 11 is 0. The van der Waals surface area contributed by atoms with Crippen LogP contribution in [0, 0.1) is 6.92 Å². The standard InChI is InChI=1S/C27H23N3O5/c1-18-6-4-7-20(14-18)35-13-11-29-16-19(22-9-2-3-10-24(22)29)15-23-25(31)28-27(33)30(26(23)32)17-21-8-5-12-34-21/h2-10,12,14-16H,11,13,17H2,1H3,(H,28,31,33)/b23-15+. The number of para-hydroxylation sites is 1. The fourth-order valence-corrected chi connectivity index (χ4v) is 4.09. The van der Waals surface area contributed by atoms with Crippen LogP contribution in [0.1, 0.15) is 16.9 Å². The van der Waals surface area contributed by atoms with Crippen LogP contribution in [0.3, 0.4) is 0 Å². The largest absolute Gasteiger partial charge is 0.492 e. The van der Waals surface area contributed by atoms with Gasteiger partial charge >= 0.3 is 6.03 Å². The number of aryl methyl sites for hydroxylation is 1. The maximum atomic E-state index is 13.1. The number of rotatable bonds is 7. The Morgan fingerprint density at radius 1 is 1.03 bits per heavy atom. The van der Waals surface area contributed by atoms with Gasteiger partial charge in [-0.15, -0.1) is 0 Å². The van der Waals surface area contributed by atoms with E-state index in [-0.39, 0.29) is 12.1 Å². The molecule has 1 aliphatic rings. The minimum Gasteiger partial charge on any atom is -0.492 e. The molecule has 35 heavy (non-hydrogen) atoms. The number of barbiturate groups is 1. The van der Waals surface area contributed by atoms with Crippen molar-refractivity contribution in [3.63, 3.8) is 0 Å². The molecule has 1 fully saturated rings. The highest BCUT2D eigenvalue weighted by molar-refractivity contribution is 6.31. The predicted molar refractivity (Wildman–Crippen MR) is 129 cm³/mol. The second-order valence-electron chi connectivity index (χ2n) is 8.25. The molecule has 0 spiro atoms. The topological polar surface area (TPSA) is 93.8 Å².